The second kappa shape index (κ2) is 7.44. The summed E-state index contributed by atoms with van der Waals surface area (Å²) in [6, 6.07) is 0. The van der Waals surface area contributed by atoms with E-state index in [2.05, 4.69) is 0 Å². The molecule has 1 heterocycles. The van der Waals surface area contributed by atoms with Gasteiger partial charge in [0.15, 0.2) is 0 Å². The molecule has 19 heavy (non-hydrogen) atoms. The zero-order chi connectivity index (χ0) is 14.6. The Morgan fingerprint density at radius 1 is 1.26 bits per heavy atom. The van der Waals surface area contributed by atoms with Gasteiger partial charge in [0.1, 0.15) is 18.3 Å². The Kier molecular flexibility index (Phi) is 6.55. The number of primary amides is 1. The maximum atomic E-state index is 11.0. The van der Waals surface area contributed by atoms with E-state index >= 15 is 0 Å². The van der Waals surface area contributed by atoms with Crippen LogP contribution in [0.3, 0.4) is 0 Å². The number of aliphatic hydroxyl groups is 3. The Hall–Kier alpha value is -0.340. The molecule has 1 aliphatic heterocycles. The van der Waals surface area contributed by atoms with Crippen molar-refractivity contribution < 1.29 is 24.9 Å². The van der Waals surface area contributed by atoms with Crippen molar-refractivity contribution in [2.24, 2.45) is 11.7 Å². The predicted octanol–water partition coefficient (Wildman–Crippen LogP) is -0.899. The van der Waals surface area contributed by atoms with Crippen LogP contribution >= 0.6 is 11.8 Å². The van der Waals surface area contributed by atoms with Crippen molar-refractivity contribution in [2.75, 3.05) is 12.0 Å². The molecule has 6 nitrogen and oxygen atoms in total. The van der Waals surface area contributed by atoms with Crippen molar-refractivity contribution in [3.05, 3.63) is 0 Å². The first-order valence-corrected chi connectivity index (χ1v) is 7.75. The highest BCUT2D eigenvalue weighted by Crippen LogP contribution is 2.27. The number of aliphatic hydroxyl groups excluding tert-OH is 3. The molecule has 0 aromatic heterocycles. The summed E-state index contributed by atoms with van der Waals surface area (Å²) in [6.45, 7) is 1.65. The van der Waals surface area contributed by atoms with Gasteiger partial charge in [0.25, 0.3) is 0 Å². The number of carbonyl (C=O) groups is 1. The van der Waals surface area contributed by atoms with Gasteiger partial charge in [-0.3, -0.25) is 4.79 Å². The summed E-state index contributed by atoms with van der Waals surface area (Å²) in [5.74, 6) is -0.150. The summed E-state index contributed by atoms with van der Waals surface area (Å²) in [5.41, 5.74) is 5.18. The van der Waals surface area contributed by atoms with Crippen molar-refractivity contribution in [3.63, 3.8) is 0 Å². The molecular weight excluding hydrogens is 270 g/mol. The second-order valence-electron chi connectivity index (χ2n) is 5.01. The zero-order valence-corrected chi connectivity index (χ0v) is 12.0. The molecule has 0 spiro atoms. The minimum Gasteiger partial charge on any atom is -0.388 e. The smallest absolute Gasteiger partial charge is 0.220 e. The van der Waals surface area contributed by atoms with E-state index in [-0.39, 0.29) is 6.42 Å². The Morgan fingerprint density at radius 3 is 2.37 bits per heavy atom. The van der Waals surface area contributed by atoms with Crippen LogP contribution in [0.5, 0.6) is 0 Å². The molecule has 6 atom stereocenters. The van der Waals surface area contributed by atoms with E-state index in [0.717, 1.165) is 5.75 Å². The lowest BCUT2D eigenvalue weighted by atomic mass is 9.89. The average Bonchev–Trinajstić information content (AvgIpc) is 2.37. The number of rotatable bonds is 6. The SMILES string of the molecule is CSCCC1OC(CC(C)C(N)=O)C(O)C(O)C1O. The van der Waals surface area contributed by atoms with Gasteiger partial charge < -0.3 is 25.8 Å². The standard InChI is InChI=1S/C12H23NO5S/c1-6(12(13)17)5-8-10(15)11(16)9(14)7(18-8)3-4-19-2/h6-11,14-16H,3-5H2,1-2H3,(H2,13,17). The number of ether oxygens (including phenoxy) is 1. The van der Waals surface area contributed by atoms with Crippen LogP contribution < -0.4 is 5.73 Å². The molecule has 1 amide bonds. The van der Waals surface area contributed by atoms with E-state index in [0.29, 0.717) is 6.42 Å². The van der Waals surface area contributed by atoms with E-state index in [1.807, 2.05) is 6.26 Å². The van der Waals surface area contributed by atoms with Crippen LogP contribution in [0.15, 0.2) is 0 Å². The fourth-order valence-electron chi connectivity index (χ4n) is 2.16. The number of hydrogen-bond donors (Lipinski definition) is 4. The highest BCUT2D eigenvalue weighted by atomic mass is 32.2. The molecule has 1 rings (SSSR count). The first kappa shape index (κ1) is 16.7. The molecule has 7 heteroatoms. The van der Waals surface area contributed by atoms with E-state index in [1.54, 1.807) is 18.7 Å². The molecule has 0 saturated carbocycles. The summed E-state index contributed by atoms with van der Waals surface area (Å²) in [7, 11) is 0. The van der Waals surface area contributed by atoms with Crippen LogP contribution in [0.1, 0.15) is 19.8 Å². The average molecular weight is 293 g/mol. The number of hydrogen-bond acceptors (Lipinski definition) is 6. The second-order valence-corrected chi connectivity index (χ2v) is 5.99. The number of nitrogens with two attached hydrogens (primary N) is 1. The highest BCUT2D eigenvalue weighted by molar-refractivity contribution is 7.98. The Morgan fingerprint density at radius 2 is 1.84 bits per heavy atom. The predicted molar refractivity (Wildman–Crippen MR) is 72.7 cm³/mol. The normalized spacial score (nSPS) is 37.0. The number of thioether (sulfide) groups is 1. The summed E-state index contributed by atoms with van der Waals surface area (Å²) < 4.78 is 5.62. The first-order chi connectivity index (χ1) is 8.88. The first-order valence-electron chi connectivity index (χ1n) is 6.36. The van der Waals surface area contributed by atoms with Crippen molar-refractivity contribution in [3.8, 4) is 0 Å². The maximum Gasteiger partial charge on any atom is 0.220 e. The summed E-state index contributed by atoms with van der Waals surface area (Å²) >= 11 is 1.61. The Labute approximate surface area is 117 Å². The third-order valence-electron chi connectivity index (χ3n) is 3.49. The minimum atomic E-state index is -1.26. The van der Waals surface area contributed by atoms with E-state index in [1.165, 1.54) is 0 Å². The molecular formula is C12H23NO5S. The molecule has 0 radical (unpaired) electrons. The molecule has 1 aliphatic rings. The lowest BCUT2D eigenvalue weighted by Gasteiger charge is -2.41. The van der Waals surface area contributed by atoms with Crippen LogP contribution in [-0.4, -0.2) is 63.8 Å². The molecule has 1 fully saturated rings. The third-order valence-corrected chi connectivity index (χ3v) is 4.13. The Balaban J connectivity index is 2.67. The van der Waals surface area contributed by atoms with Crippen molar-refractivity contribution in [1.82, 2.24) is 0 Å². The zero-order valence-electron chi connectivity index (χ0n) is 11.2. The van der Waals surface area contributed by atoms with Crippen LogP contribution in [0.2, 0.25) is 0 Å². The van der Waals surface area contributed by atoms with Gasteiger partial charge in [-0.1, -0.05) is 6.92 Å². The molecule has 5 N–H and O–H groups in total. The topological polar surface area (TPSA) is 113 Å². The van der Waals surface area contributed by atoms with Crippen LogP contribution in [-0.2, 0) is 9.53 Å². The highest BCUT2D eigenvalue weighted by Gasteiger charge is 2.43. The van der Waals surface area contributed by atoms with E-state index in [9.17, 15) is 20.1 Å². The Bertz CT molecular complexity index is 304. The summed E-state index contributed by atoms with van der Waals surface area (Å²) in [5, 5.41) is 29.6. The van der Waals surface area contributed by atoms with Gasteiger partial charge in [0.2, 0.25) is 5.91 Å². The van der Waals surface area contributed by atoms with E-state index in [4.69, 9.17) is 10.5 Å². The van der Waals surface area contributed by atoms with Crippen molar-refractivity contribution in [1.29, 1.82) is 0 Å². The summed E-state index contributed by atoms with van der Waals surface area (Å²) in [4.78, 5) is 11.0. The van der Waals surface area contributed by atoms with Gasteiger partial charge in [-0.15, -0.1) is 0 Å². The fraction of sp³-hybridized carbons (Fsp3) is 0.917. The largest absolute Gasteiger partial charge is 0.388 e. The van der Waals surface area contributed by atoms with Crippen molar-refractivity contribution in [2.45, 2.75) is 50.3 Å². The minimum absolute atomic E-state index is 0.232. The quantitative estimate of drug-likeness (QED) is 0.505. The molecule has 0 aliphatic carbocycles. The molecule has 6 unspecified atom stereocenters. The van der Waals surface area contributed by atoms with Gasteiger partial charge in [0, 0.05) is 5.92 Å². The molecule has 112 valence electrons. The lowest BCUT2D eigenvalue weighted by Crippen LogP contribution is -2.58. The van der Waals surface area contributed by atoms with Gasteiger partial charge in [0.05, 0.1) is 12.2 Å². The maximum absolute atomic E-state index is 11.0. The number of carbonyl (C=O) groups excluding carboxylic acids is 1. The third kappa shape index (κ3) is 4.32. The van der Waals surface area contributed by atoms with Crippen LogP contribution in [0, 0.1) is 5.92 Å². The van der Waals surface area contributed by atoms with E-state index < -0.39 is 42.3 Å². The number of amides is 1. The van der Waals surface area contributed by atoms with Gasteiger partial charge >= 0.3 is 0 Å². The van der Waals surface area contributed by atoms with Gasteiger partial charge in [-0.05, 0) is 24.9 Å². The summed E-state index contributed by atoms with van der Waals surface area (Å²) in [6.07, 6.45) is -2.05. The van der Waals surface area contributed by atoms with Crippen molar-refractivity contribution >= 4 is 17.7 Å². The molecule has 0 bridgehead atoms. The lowest BCUT2D eigenvalue weighted by molar-refractivity contribution is -0.225. The molecule has 1 saturated heterocycles. The van der Waals surface area contributed by atoms with Crippen LogP contribution in [0.4, 0.5) is 0 Å². The molecule has 0 aromatic carbocycles. The monoisotopic (exact) mass is 293 g/mol. The van der Waals surface area contributed by atoms with Crippen LogP contribution in [0.25, 0.3) is 0 Å². The van der Waals surface area contributed by atoms with Gasteiger partial charge in [-0.25, -0.2) is 0 Å². The van der Waals surface area contributed by atoms with Gasteiger partial charge in [-0.2, -0.15) is 11.8 Å². The molecule has 0 aromatic rings. The fourth-order valence-corrected chi connectivity index (χ4v) is 2.63.